The van der Waals surface area contributed by atoms with Crippen LogP contribution >= 0.6 is 0 Å². The predicted molar refractivity (Wildman–Crippen MR) is 54.2 cm³/mol. The van der Waals surface area contributed by atoms with E-state index in [0.29, 0.717) is 0 Å². The van der Waals surface area contributed by atoms with Crippen molar-refractivity contribution in [1.82, 2.24) is 0 Å². The summed E-state index contributed by atoms with van der Waals surface area (Å²) in [4.78, 5) is 0. The molecule has 1 aromatic carbocycles. The molecule has 1 aromatic rings. The molecule has 0 bridgehead atoms. The molecule has 76 valence electrons. The fraction of sp³-hybridized carbons (Fsp3) is 0.500. The van der Waals surface area contributed by atoms with E-state index in [1.165, 1.54) is 0 Å². The van der Waals surface area contributed by atoms with Crippen molar-refractivity contribution in [3.8, 4) is 5.75 Å². The molecule has 1 nitrogen and oxygen atoms in total. The number of alkyl halides is 1. The van der Waals surface area contributed by atoms with Crippen LogP contribution in [-0.2, 0) is 5.41 Å². The normalized spacial score (nSPS) is 21.3. The van der Waals surface area contributed by atoms with Gasteiger partial charge in [-0.2, -0.15) is 0 Å². The molecule has 0 radical (unpaired) electrons. The molecule has 0 amide bonds. The first kappa shape index (κ1) is 9.50. The maximum atomic E-state index is 13.6. The maximum Gasteiger partial charge on any atom is 0.119 e. The lowest BCUT2D eigenvalue weighted by Gasteiger charge is -2.44. The average Bonchev–Trinajstić information content (AvgIpc) is 2.05. The summed E-state index contributed by atoms with van der Waals surface area (Å²) < 4.78 is 13.6. The highest BCUT2D eigenvalue weighted by atomic mass is 19.1. The molecule has 1 unspecified atom stereocenters. The summed E-state index contributed by atoms with van der Waals surface area (Å²) in [5.41, 5.74) is 0.368. The molecule has 1 aliphatic carbocycles. The lowest BCUT2D eigenvalue weighted by atomic mass is 9.62. The van der Waals surface area contributed by atoms with Crippen molar-refractivity contribution in [3.63, 3.8) is 0 Å². The van der Waals surface area contributed by atoms with E-state index in [1.807, 2.05) is 12.1 Å². The van der Waals surface area contributed by atoms with Crippen LogP contribution in [0.15, 0.2) is 24.3 Å². The van der Waals surface area contributed by atoms with E-state index in [0.717, 1.165) is 24.8 Å². The minimum atomic E-state index is -0.885. The molecule has 0 aliphatic heterocycles. The minimum absolute atomic E-state index is 0.233. The van der Waals surface area contributed by atoms with Crippen LogP contribution in [0.1, 0.15) is 31.7 Å². The van der Waals surface area contributed by atoms with Gasteiger partial charge in [0.2, 0.25) is 0 Å². The van der Waals surface area contributed by atoms with Gasteiger partial charge in [0.25, 0.3) is 0 Å². The fourth-order valence-electron chi connectivity index (χ4n) is 2.33. The lowest BCUT2D eigenvalue weighted by Crippen LogP contribution is -2.41. The molecule has 0 spiro atoms. The molecule has 0 aromatic heterocycles. The third kappa shape index (κ3) is 1.21. The van der Waals surface area contributed by atoms with Gasteiger partial charge in [-0.3, -0.25) is 0 Å². The Morgan fingerprint density at radius 2 is 2.00 bits per heavy atom. The van der Waals surface area contributed by atoms with Crippen LogP contribution in [0.4, 0.5) is 4.39 Å². The molecule has 1 aliphatic rings. The van der Waals surface area contributed by atoms with Crippen LogP contribution < -0.4 is 0 Å². The lowest BCUT2D eigenvalue weighted by molar-refractivity contribution is 0.111. The summed E-state index contributed by atoms with van der Waals surface area (Å²) in [7, 11) is 0. The zero-order valence-electron chi connectivity index (χ0n) is 8.33. The largest absolute Gasteiger partial charge is 0.508 e. The summed E-state index contributed by atoms with van der Waals surface area (Å²) in [6, 6.07) is 7.11. The molecule has 2 heteroatoms. The van der Waals surface area contributed by atoms with Gasteiger partial charge in [0.05, 0.1) is 0 Å². The number of phenols is 1. The average molecular weight is 194 g/mol. The Bertz CT molecular complexity index is 329. The highest BCUT2D eigenvalue weighted by Crippen LogP contribution is 2.50. The van der Waals surface area contributed by atoms with Crippen LogP contribution in [0, 0.1) is 0 Å². The standard InChI is InChI=1S/C12H15FO/c1-9(13)12(7-4-8-12)10-5-2-3-6-11(10)14/h2-3,5-6,9,14H,4,7-8H2,1H3. The molecule has 1 atom stereocenters. The van der Waals surface area contributed by atoms with E-state index >= 15 is 0 Å². The summed E-state index contributed by atoms with van der Waals surface area (Å²) in [5, 5.41) is 9.69. The van der Waals surface area contributed by atoms with Crippen molar-refractivity contribution in [2.24, 2.45) is 0 Å². The molecular weight excluding hydrogens is 179 g/mol. The van der Waals surface area contributed by atoms with E-state index in [4.69, 9.17) is 0 Å². The second-order valence-electron chi connectivity index (χ2n) is 4.14. The number of phenolic OH excluding ortho intramolecular Hbond substituents is 1. The summed E-state index contributed by atoms with van der Waals surface area (Å²) in [6.07, 6.45) is 1.87. The third-order valence-corrected chi connectivity index (χ3v) is 3.45. The maximum absolute atomic E-state index is 13.6. The molecule has 0 heterocycles. The van der Waals surface area contributed by atoms with E-state index in [-0.39, 0.29) is 5.75 Å². The van der Waals surface area contributed by atoms with E-state index < -0.39 is 11.6 Å². The van der Waals surface area contributed by atoms with Crippen LogP contribution in [0.3, 0.4) is 0 Å². The highest BCUT2D eigenvalue weighted by Gasteiger charge is 2.45. The van der Waals surface area contributed by atoms with Gasteiger partial charge >= 0.3 is 0 Å². The molecule has 1 saturated carbocycles. The number of para-hydroxylation sites is 1. The number of hydrogen-bond acceptors (Lipinski definition) is 1. The highest BCUT2D eigenvalue weighted by molar-refractivity contribution is 5.41. The van der Waals surface area contributed by atoms with Crippen molar-refractivity contribution in [2.45, 2.75) is 37.8 Å². The zero-order valence-corrected chi connectivity index (χ0v) is 8.33. The Kier molecular flexibility index (Phi) is 2.22. The Morgan fingerprint density at radius 1 is 1.36 bits per heavy atom. The summed E-state index contributed by atoms with van der Waals surface area (Å²) in [5.74, 6) is 0.233. The Balaban J connectivity index is 2.42. The van der Waals surface area contributed by atoms with Crippen molar-refractivity contribution in [3.05, 3.63) is 29.8 Å². The first-order valence-corrected chi connectivity index (χ1v) is 5.09. The summed E-state index contributed by atoms with van der Waals surface area (Å²) >= 11 is 0. The van der Waals surface area contributed by atoms with Gasteiger partial charge in [-0.1, -0.05) is 24.6 Å². The Labute approximate surface area is 83.6 Å². The van der Waals surface area contributed by atoms with Crippen molar-refractivity contribution in [2.75, 3.05) is 0 Å². The van der Waals surface area contributed by atoms with Gasteiger partial charge in [0, 0.05) is 11.0 Å². The first-order chi connectivity index (χ1) is 6.67. The van der Waals surface area contributed by atoms with Gasteiger partial charge < -0.3 is 5.11 Å². The first-order valence-electron chi connectivity index (χ1n) is 5.09. The predicted octanol–water partition coefficient (Wildman–Crippen LogP) is 3.17. The second kappa shape index (κ2) is 3.26. The molecule has 14 heavy (non-hydrogen) atoms. The van der Waals surface area contributed by atoms with Gasteiger partial charge in [-0.25, -0.2) is 4.39 Å². The number of benzene rings is 1. The molecule has 0 saturated heterocycles. The van der Waals surface area contributed by atoms with Crippen LogP contribution in [0.25, 0.3) is 0 Å². The monoisotopic (exact) mass is 194 g/mol. The van der Waals surface area contributed by atoms with Gasteiger partial charge in [0.15, 0.2) is 0 Å². The Morgan fingerprint density at radius 3 is 2.43 bits per heavy atom. The number of rotatable bonds is 2. The van der Waals surface area contributed by atoms with E-state index in [1.54, 1.807) is 19.1 Å². The smallest absolute Gasteiger partial charge is 0.119 e. The number of halogens is 1. The van der Waals surface area contributed by atoms with Gasteiger partial charge in [-0.05, 0) is 25.8 Å². The van der Waals surface area contributed by atoms with E-state index in [2.05, 4.69) is 0 Å². The second-order valence-corrected chi connectivity index (χ2v) is 4.14. The molecule has 1 fully saturated rings. The molecule has 2 rings (SSSR count). The van der Waals surface area contributed by atoms with Gasteiger partial charge in [0.1, 0.15) is 11.9 Å². The van der Waals surface area contributed by atoms with E-state index in [9.17, 15) is 9.50 Å². The van der Waals surface area contributed by atoms with Crippen molar-refractivity contribution >= 4 is 0 Å². The minimum Gasteiger partial charge on any atom is -0.508 e. The van der Waals surface area contributed by atoms with Crippen LogP contribution in [0.2, 0.25) is 0 Å². The zero-order chi connectivity index (χ0) is 10.2. The SMILES string of the molecule is CC(F)C1(c2ccccc2O)CCC1. The molecular formula is C12H15FO. The molecule has 1 N–H and O–H groups in total. The van der Waals surface area contributed by atoms with Gasteiger partial charge in [-0.15, -0.1) is 0 Å². The van der Waals surface area contributed by atoms with Crippen LogP contribution in [-0.4, -0.2) is 11.3 Å². The topological polar surface area (TPSA) is 20.2 Å². The number of aromatic hydroxyl groups is 1. The summed E-state index contributed by atoms with van der Waals surface area (Å²) in [6.45, 7) is 1.59. The van der Waals surface area contributed by atoms with Crippen molar-refractivity contribution < 1.29 is 9.50 Å². The van der Waals surface area contributed by atoms with Crippen molar-refractivity contribution in [1.29, 1.82) is 0 Å². The fourth-order valence-corrected chi connectivity index (χ4v) is 2.33. The third-order valence-electron chi connectivity index (χ3n) is 3.45. The van der Waals surface area contributed by atoms with Crippen LogP contribution in [0.5, 0.6) is 5.75 Å². The Hall–Kier alpha value is -1.05. The quantitative estimate of drug-likeness (QED) is 0.766. The number of hydrogen-bond donors (Lipinski definition) is 1.